The second kappa shape index (κ2) is 10.1. The second-order valence-corrected chi connectivity index (χ2v) is 9.05. The standard InChI is InChI=1S/C25H27N3O3S/c1-17-23(32-18(2)27-17)25(30)28(20-12-7-4-8-13-20)22(19-10-5-3-6-11-19)24(29)26-16-21-14-9-15-31-21/h3-8,10-13,21-22H,9,14-16H2,1-2H3,(H,26,29)/t21-,22+/m0/s1. The van der Waals surface area contributed by atoms with Gasteiger partial charge in [0.25, 0.3) is 5.91 Å². The van der Waals surface area contributed by atoms with Gasteiger partial charge in [0.2, 0.25) is 5.91 Å². The lowest BCUT2D eigenvalue weighted by molar-refractivity contribution is -0.123. The third-order valence-electron chi connectivity index (χ3n) is 5.50. The van der Waals surface area contributed by atoms with E-state index < -0.39 is 6.04 Å². The van der Waals surface area contributed by atoms with Crippen LogP contribution in [0.15, 0.2) is 60.7 Å². The fourth-order valence-corrected chi connectivity index (χ4v) is 4.84. The average molecular weight is 450 g/mol. The topological polar surface area (TPSA) is 71.5 Å². The highest BCUT2D eigenvalue weighted by Crippen LogP contribution is 2.32. The second-order valence-electron chi connectivity index (χ2n) is 7.85. The van der Waals surface area contributed by atoms with Crippen LogP contribution in [0, 0.1) is 13.8 Å². The average Bonchev–Trinajstić information content (AvgIpc) is 3.45. The van der Waals surface area contributed by atoms with Crippen molar-refractivity contribution in [2.24, 2.45) is 0 Å². The molecule has 1 aliphatic heterocycles. The van der Waals surface area contributed by atoms with Crippen LogP contribution in [0.3, 0.4) is 0 Å². The van der Waals surface area contributed by atoms with Crippen LogP contribution >= 0.6 is 11.3 Å². The summed E-state index contributed by atoms with van der Waals surface area (Å²) in [6, 6.07) is 17.9. The molecule has 0 spiro atoms. The van der Waals surface area contributed by atoms with Gasteiger partial charge in [-0.05, 0) is 44.4 Å². The lowest BCUT2D eigenvalue weighted by Crippen LogP contribution is -2.45. The predicted octanol–water partition coefficient (Wildman–Crippen LogP) is 4.44. The van der Waals surface area contributed by atoms with E-state index in [0.717, 1.165) is 30.0 Å². The highest BCUT2D eigenvalue weighted by Gasteiger charge is 2.35. The lowest BCUT2D eigenvalue weighted by atomic mass is 10.0. The van der Waals surface area contributed by atoms with Gasteiger partial charge in [0.1, 0.15) is 10.9 Å². The number of thiazole rings is 1. The molecule has 0 unspecified atom stereocenters. The van der Waals surface area contributed by atoms with Crippen molar-refractivity contribution in [1.82, 2.24) is 10.3 Å². The minimum absolute atomic E-state index is 0.0163. The third kappa shape index (κ3) is 4.89. The van der Waals surface area contributed by atoms with E-state index in [1.165, 1.54) is 11.3 Å². The zero-order valence-electron chi connectivity index (χ0n) is 18.3. The van der Waals surface area contributed by atoms with Crippen LogP contribution in [-0.2, 0) is 9.53 Å². The zero-order valence-corrected chi connectivity index (χ0v) is 19.1. The number of para-hydroxylation sites is 1. The zero-order chi connectivity index (χ0) is 22.5. The van der Waals surface area contributed by atoms with Gasteiger partial charge in [-0.3, -0.25) is 14.5 Å². The third-order valence-corrected chi connectivity index (χ3v) is 6.56. The maximum atomic E-state index is 13.9. The number of rotatable bonds is 7. The number of ether oxygens (including phenoxy) is 1. The van der Waals surface area contributed by atoms with Gasteiger partial charge in [0, 0.05) is 18.8 Å². The first-order valence-corrected chi connectivity index (χ1v) is 11.6. The summed E-state index contributed by atoms with van der Waals surface area (Å²) in [5.41, 5.74) is 2.07. The van der Waals surface area contributed by atoms with Gasteiger partial charge < -0.3 is 10.1 Å². The number of carbonyl (C=O) groups excluding carboxylic acids is 2. The number of carbonyl (C=O) groups is 2. The molecule has 0 bridgehead atoms. The van der Waals surface area contributed by atoms with Crippen molar-refractivity contribution in [1.29, 1.82) is 0 Å². The smallest absolute Gasteiger partial charge is 0.271 e. The number of nitrogens with zero attached hydrogens (tertiary/aromatic N) is 2. The van der Waals surface area contributed by atoms with Gasteiger partial charge in [0.05, 0.1) is 16.8 Å². The fourth-order valence-electron chi connectivity index (χ4n) is 3.98. The quantitative estimate of drug-likeness (QED) is 0.579. The fraction of sp³-hybridized carbons (Fsp3) is 0.320. The van der Waals surface area contributed by atoms with E-state index in [2.05, 4.69) is 10.3 Å². The molecule has 4 rings (SSSR count). The number of hydrogen-bond acceptors (Lipinski definition) is 5. The summed E-state index contributed by atoms with van der Waals surface area (Å²) in [5, 5.41) is 3.85. The monoisotopic (exact) mass is 449 g/mol. The lowest BCUT2D eigenvalue weighted by Gasteiger charge is -2.31. The molecule has 1 aliphatic rings. The van der Waals surface area contributed by atoms with Gasteiger partial charge in [-0.25, -0.2) is 4.98 Å². The van der Waals surface area contributed by atoms with Gasteiger partial charge in [-0.1, -0.05) is 48.5 Å². The molecule has 3 aromatic rings. The summed E-state index contributed by atoms with van der Waals surface area (Å²) in [6.45, 7) is 4.86. The van der Waals surface area contributed by atoms with E-state index in [4.69, 9.17) is 4.74 Å². The molecule has 2 heterocycles. The van der Waals surface area contributed by atoms with Gasteiger partial charge in [0.15, 0.2) is 0 Å². The molecular weight excluding hydrogens is 422 g/mol. The number of anilines is 1. The van der Waals surface area contributed by atoms with Crippen LogP contribution in [0.25, 0.3) is 0 Å². The van der Waals surface area contributed by atoms with Crippen LogP contribution in [0.4, 0.5) is 5.69 Å². The Kier molecular flexibility index (Phi) is 6.97. The molecule has 0 aliphatic carbocycles. The van der Waals surface area contributed by atoms with Crippen LogP contribution in [-0.4, -0.2) is 36.1 Å². The Morgan fingerprint density at radius 3 is 2.41 bits per heavy atom. The van der Waals surface area contributed by atoms with Crippen LogP contribution in [0.1, 0.15) is 44.8 Å². The Labute approximate surface area is 192 Å². The van der Waals surface area contributed by atoms with Gasteiger partial charge >= 0.3 is 0 Å². The summed E-state index contributed by atoms with van der Waals surface area (Å²) in [5.74, 6) is -0.469. The van der Waals surface area contributed by atoms with Crippen molar-refractivity contribution in [3.8, 4) is 0 Å². The number of aryl methyl sites for hydroxylation is 2. The Morgan fingerprint density at radius 1 is 1.12 bits per heavy atom. The summed E-state index contributed by atoms with van der Waals surface area (Å²) in [4.78, 5) is 34.0. The number of nitrogens with one attached hydrogen (secondary N) is 1. The molecule has 0 saturated carbocycles. The number of aromatic nitrogens is 1. The molecule has 166 valence electrons. The SMILES string of the molecule is Cc1nc(C)c(C(=O)N(c2ccccc2)[C@@H](C(=O)NC[C@@H]2CCCO2)c2ccccc2)s1. The molecule has 32 heavy (non-hydrogen) atoms. The maximum Gasteiger partial charge on any atom is 0.271 e. The van der Waals surface area contributed by atoms with Crippen molar-refractivity contribution in [2.45, 2.75) is 38.8 Å². The van der Waals surface area contributed by atoms with Crippen molar-refractivity contribution in [2.75, 3.05) is 18.1 Å². The summed E-state index contributed by atoms with van der Waals surface area (Å²) < 4.78 is 5.67. The number of benzene rings is 2. The first-order valence-electron chi connectivity index (χ1n) is 10.8. The molecule has 7 heteroatoms. The molecule has 6 nitrogen and oxygen atoms in total. The van der Waals surface area contributed by atoms with Crippen LogP contribution in [0.2, 0.25) is 0 Å². The van der Waals surface area contributed by atoms with E-state index in [-0.39, 0.29) is 17.9 Å². The Balaban J connectivity index is 1.74. The predicted molar refractivity (Wildman–Crippen MR) is 126 cm³/mol. The minimum atomic E-state index is -0.825. The highest BCUT2D eigenvalue weighted by atomic mass is 32.1. The Bertz CT molecular complexity index is 1060. The summed E-state index contributed by atoms with van der Waals surface area (Å²) >= 11 is 1.35. The molecular formula is C25H27N3O3S. The Hall–Kier alpha value is -3.03. The van der Waals surface area contributed by atoms with E-state index in [9.17, 15) is 9.59 Å². The number of hydrogen-bond donors (Lipinski definition) is 1. The first kappa shape index (κ1) is 22.2. The molecule has 1 fully saturated rings. The van der Waals surface area contributed by atoms with Gasteiger partial charge in [-0.2, -0.15) is 0 Å². The molecule has 1 aromatic heterocycles. The molecule has 1 saturated heterocycles. The van der Waals surface area contributed by atoms with Crippen LogP contribution in [0.5, 0.6) is 0 Å². The van der Waals surface area contributed by atoms with Crippen molar-refractivity contribution >= 4 is 28.8 Å². The largest absolute Gasteiger partial charge is 0.376 e. The van der Waals surface area contributed by atoms with E-state index in [1.807, 2.05) is 74.5 Å². The summed E-state index contributed by atoms with van der Waals surface area (Å²) in [6.07, 6.45) is 1.95. The Morgan fingerprint density at radius 2 is 1.81 bits per heavy atom. The normalized spacial score (nSPS) is 16.5. The van der Waals surface area contributed by atoms with Crippen molar-refractivity contribution < 1.29 is 14.3 Å². The first-order chi connectivity index (χ1) is 15.5. The minimum Gasteiger partial charge on any atom is -0.376 e. The maximum absolute atomic E-state index is 13.9. The molecule has 2 amide bonds. The molecule has 2 atom stereocenters. The van der Waals surface area contributed by atoms with E-state index in [0.29, 0.717) is 22.8 Å². The summed E-state index contributed by atoms with van der Waals surface area (Å²) in [7, 11) is 0. The number of amides is 2. The highest BCUT2D eigenvalue weighted by molar-refractivity contribution is 7.13. The molecule has 2 aromatic carbocycles. The van der Waals surface area contributed by atoms with E-state index >= 15 is 0 Å². The van der Waals surface area contributed by atoms with Crippen molar-refractivity contribution in [3.05, 3.63) is 81.8 Å². The van der Waals surface area contributed by atoms with E-state index in [1.54, 1.807) is 4.90 Å². The molecule has 0 radical (unpaired) electrons. The molecule has 1 N–H and O–H groups in total. The van der Waals surface area contributed by atoms with Crippen LogP contribution < -0.4 is 10.2 Å². The van der Waals surface area contributed by atoms with Crippen molar-refractivity contribution in [3.63, 3.8) is 0 Å². The van der Waals surface area contributed by atoms with Gasteiger partial charge in [-0.15, -0.1) is 11.3 Å².